The van der Waals surface area contributed by atoms with Crippen LogP contribution in [0.25, 0.3) is 16.8 Å². The number of ether oxygens (including phenoxy) is 1. The van der Waals surface area contributed by atoms with Gasteiger partial charge >= 0.3 is 0 Å². The van der Waals surface area contributed by atoms with Crippen molar-refractivity contribution in [1.82, 2.24) is 0 Å². The van der Waals surface area contributed by atoms with Crippen molar-refractivity contribution in [2.75, 3.05) is 5.32 Å². The molecule has 0 unspecified atom stereocenters. The number of carbonyl (C=O) groups excluding carboxylic acids is 1. The predicted molar refractivity (Wildman–Crippen MR) is 133 cm³/mol. The molecule has 0 bridgehead atoms. The summed E-state index contributed by atoms with van der Waals surface area (Å²) in [7, 11) is 0. The fraction of sp³-hybridized carbons (Fsp3) is 0.0714. The molecule has 162 valence electrons. The number of amides is 1. The Kier molecular flexibility index (Phi) is 6.73. The van der Waals surface area contributed by atoms with Gasteiger partial charge in [0.05, 0.1) is 0 Å². The summed E-state index contributed by atoms with van der Waals surface area (Å²) in [6, 6.07) is 28.5. The van der Waals surface area contributed by atoms with Crippen molar-refractivity contribution in [1.29, 1.82) is 5.26 Å². The van der Waals surface area contributed by atoms with Crippen LogP contribution in [-0.4, -0.2) is 5.91 Å². The summed E-state index contributed by atoms with van der Waals surface area (Å²) in [5.74, 6) is 0.0795. The van der Waals surface area contributed by atoms with E-state index in [1.54, 1.807) is 18.2 Å². The third-order valence-electron chi connectivity index (χ3n) is 5.23. The molecule has 1 amide bonds. The number of rotatable bonds is 6. The number of hydrogen-bond acceptors (Lipinski definition) is 3. The first-order valence-electron chi connectivity index (χ1n) is 10.4. The molecule has 0 aliphatic carbocycles. The molecule has 0 radical (unpaired) electrons. The zero-order valence-corrected chi connectivity index (χ0v) is 18.8. The second-order valence-electron chi connectivity index (χ2n) is 7.57. The van der Waals surface area contributed by atoms with Crippen molar-refractivity contribution in [2.45, 2.75) is 13.5 Å². The molecular formula is C28H21ClN2O2. The van der Waals surface area contributed by atoms with Crippen LogP contribution in [0.3, 0.4) is 0 Å². The van der Waals surface area contributed by atoms with E-state index in [2.05, 4.69) is 5.32 Å². The van der Waals surface area contributed by atoms with Gasteiger partial charge in [0.15, 0.2) is 0 Å². The number of benzene rings is 4. The maximum atomic E-state index is 12.8. The maximum absolute atomic E-state index is 12.8. The first-order valence-corrected chi connectivity index (χ1v) is 10.8. The fourth-order valence-electron chi connectivity index (χ4n) is 3.45. The third kappa shape index (κ3) is 5.23. The quantitative estimate of drug-likeness (QED) is 0.255. The highest BCUT2D eigenvalue weighted by Gasteiger charge is 2.14. The van der Waals surface area contributed by atoms with Crippen molar-refractivity contribution >= 4 is 40.0 Å². The molecule has 0 aromatic heterocycles. The van der Waals surface area contributed by atoms with Gasteiger partial charge in [-0.05, 0) is 48.0 Å². The van der Waals surface area contributed by atoms with E-state index < -0.39 is 5.91 Å². The van der Waals surface area contributed by atoms with Crippen LogP contribution in [0.15, 0.2) is 90.5 Å². The van der Waals surface area contributed by atoms with Crippen LogP contribution in [0.1, 0.15) is 16.7 Å². The smallest absolute Gasteiger partial charge is 0.266 e. The largest absolute Gasteiger partial charge is 0.488 e. The standard InChI is InChI=1S/C28H21ClN2O2/c1-19-10-13-23(14-11-19)31-28(32)22(17-30)16-25-24-8-4-2-6-20(24)12-15-27(25)33-18-21-7-3-5-9-26(21)29/h2-16H,18H2,1H3,(H,31,32)/b22-16-. The molecule has 0 atom stereocenters. The van der Waals surface area contributed by atoms with Gasteiger partial charge in [0.2, 0.25) is 0 Å². The fourth-order valence-corrected chi connectivity index (χ4v) is 3.64. The number of fused-ring (bicyclic) bond motifs is 1. The Morgan fingerprint density at radius 1 is 1.00 bits per heavy atom. The van der Waals surface area contributed by atoms with Crippen molar-refractivity contribution in [3.8, 4) is 11.8 Å². The lowest BCUT2D eigenvalue weighted by Crippen LogP contribution is -2.13. The zero-order chi connectivity index (χ0) is 23.2. The molecule has 33 heavy (non-hydrogen) atoms. The summed E-state index contributed by atoms with van der Waals surface area (Å²) in [6.45, 7) is 2.23. The molecule has 0 fully saturated rings. The van der Waals surface area contributed by atoms with Crippen LogP contribution in [0.5, 0.6) is 5.75 Å². The summed E-state index contributed by atoms with van der Waals surface area (Å²) in [4.78, 5) is 12.8. The molecule has 4 aromatic carbocycles. The van der Waals surface area contributed by atoms with Crippen molar-refractivity contribution < 1.29 is 9.53 Å². The Morgan fingerprint density at radius 2 is 1.73 bits per heavy atom. The minimum absolute atomic E-state index is 0.0190. The molecule has 0 saturated carbocycles. The lowest BCUT2D eigenvalue weighted by molar-refractivity contribution is -0.112. The second kappa shape index (κ2) is 10.0. The van der Waals surface area contributed by atoms with Gasteiger partial charge in [-0.1, -0.05) is 77.8 Å². The van der Waals surface area contributed by atoms with Gasteiger partial charge in [0.1, 0.15) is 24.0 Å². The van der Waals surface area contributed by atoms with Gasteiger partial charge in [-0.15, -0.1) is 0 Å². The molecule has 0 spiro atoms. The van der Waals surface area contributed by atoms with Crippen LogP contribution in [0.4, 0.5) is 5.69 Å². The van der Waals surface area contributed by atoms with Gasteiger partial charge in [-0.3, -0.25) is 4.79 Å². The Bertz CT molecular complexity index is 1390. The van der Waals surface area contributed by atoms with E-state index in [1.807, 2.05) is 85.8 Å². The van der Waals surface area contributed by atoms with Crippen LogP contribution < -0.4 is 10.1 Å². The highest BCUT2D eigenvalue weighted by molar-refractivity contribution is 6.31. The van der Waals surface area contributed by atoms with E-state index >= 15 is 0 Å². The first kappa shape index (κ1) is 22.1. The molecule has 4 rings (SSSR count). The van der Waals surface area contributed by atoms with Gasteiger partial charge in [0.25, 0.3) is 5.91 Å². The Labute approximate surface area is 197 Å². The van der Waals surface area contributed by atoms with Crippen molar-refractivity contribution in [3.63, 3.8) is 0 Å². The number of aryl methyl sites for hydroxylation is 1. The van der Waals surface area contributed by atoms with Gasteiger partial charge < -0.3 is 10.1 Å². The lowest BCUT2D eigenvalue weighted by Gasteiger charge is -2.13. The Balaban J connectivity index is 1.70. The molecule has 5 heteroatoms. The monoisotopic (exact) mass is 452 g/mol. The Morgan fingerprint density at radius 3 is 2.48 bits per heavy atom. The summed E-state index contributed by atoms with van der Waals surface area (Å²) in [5, 5.41) is 15.0. The maximum Gasteiger partial charge on any atom is 0.266 e. The normalized spacial score (nSPS) is 11.1. The number of nitrogens with zero attached hydrogens (tertiary/aromatic N) is 1. The molecule has 0 saturated heterocycles. The molecule has 0 aliphatic heterocycles. The molecule has 0 aliphatic rings. The van der Waals surface area contributed by atoms with E-state index in [1.165, 1.54) is 0 Å². The molecule has 0 heterocycles. The number of anilines is 1. The van der Waals surface area contributed by atoms with Gasteiger partial charge in [-0.25, -0.2) is 0 Å². The van der Waals surface area contributed by atoms with Crippen LogP contribution in [-0.2, 0) is 11.4 Å². The third-order valence-corrected chi connectivity index (χ3v) is 5.60. The van der Waals surface area contributed by atoms with E-state index in [-0.39, 0.29) is 12.2 Å². The molecule has 4 aromatic rings. The van der Waals surface area contributed by atoms with E-state index in [9.17, 15) is 10.1 Å². The van der Waals surface area contributed by atoms with E-state index in [0.29, 0.717) is 22.0 Å². The summed E-state index contributed by atoms with van der Waals surface area (Å²) >= 11 is 6.27. The average Bonchev–Trinajstić information content (AvgIpc) is 2.83. The van der Waals surface area contributed by atoms with Crippen LogP contribution >= 0.6 is 11.6 Å². The number of halogens is 1. The number of carbonyl (C=O) groups is 1. The summed E-state index contributed by atoms with van der Waals surface area (Å²) in [5.41, 5.74) is 3.20. The topological polar surface area (TPSA) is 62.1 Å². The lowest BCUT2D eigenvalue weighted by atomic mass is 10.0. The molecule has 4 nitrogen and oxygen atoms in total. The van der Waals surface area contributed by atoms with Gasteiger partial charge in [0, 0.05) is 21.8 Å². The minimum Gasteiger partial charge on any atom is -0.488 e. The molecule has 1 N–H and O–H groups in total. The number of nitriles is 1. The minimum atomic E-state index is -0.480. The number of hydrogen-bond donors (Lipinski definition) is 1. The van der Waals surface area contributed by atoms with E-state index in [0.717, 1.165) is 21.9 Å². The van der Waals surface area contributed by atoms with Gasteiger partial charge in [-0.2, -0.15) is 5.26 Å². The van der Waals surface area contributed by atoms with Crippen LogP contribution in [0, 0.1) is 18.3 Å². The second-order valence-corrected chi connectivity index (χ2v) is 7.98. The SMILES string of the molecule is Cc1ccc(NC(=O)/C(C#N)=C\c2c(OCc3ccccc3Cl)ccc3ccccc23)cc1. The van der Waals surface area contributed by atoms with Crippen molar-refractivity contribution in [2.24, 2.45) is 0 Å². The van der Waals surface area contributed by atoms with E-state index in [4.69, 9.17) is 16.3 Å². The number of nitrogens with one attached hydrogen (secondary N) is 1. The highest BCUT2D eigenvalue weighted by atomic mass is 35.5. The summed E-state index contributed by atoms with van der Waals surface area (Å²) in [6.07, 6.45) is 1.58. The zero-order valence-electron chi connectivity index (χ0n) is 18.0. The molecular weight excluding hydrogens is 432 g/mol. The predicted octanol–water partition coefficient (Wildman–Crippen LogP) is 6.93. The summed E-state index contributed by atoms with van der Waals surface area (Å²) < 4.78 is 6.10. The van der Waals surface area contributed by atoms with Crippen molar-refractivity contribution in [3.05, 3.63) is 112 Å². The van der Waals surface area contributed by atoms with Crippen LogP contribution in [0.2, 0.25) is 5.02 Å². The average molecular weight is 453 g/mol. The highest BCUT2D eigenvalue weighted by Crippen LogP contribution is 2.31. The Hall–Kier alpha value is -4.07. The first-order chi connectivity index (χ1) is 16.0.